The number of carbonyl (C=O) groups excluding carboxylic acids is 2. The van der Waals surface area contributed by atoms with E-state index in [9.17, 15) is 9.59 Å². The van der Waals surface area contributed by atoms with E-state index in [1.165, 1.54) is 11.1 Å². The van der Waals surface area contributed by atoms with Crippen LogP contribution in [0.25, 0.3) is 10.9 Å². The standard InChI is InChI=1S/C25H27N3O2/c1-16-8-4-6-10-20(16)24-21-15-27(13-19(21)14-28(24)17(2)29)25(30)23-12-18-9-5-7-11-22(18)26(23)3/h4-12,19,21,24H,13-15H2,1-3H3/t19-,21-,24+/m1/s1. The Kier molecular flexibility index (Phi) is 4.42. The summed E-state index contributed by atoms with van der Waals surface area (Å²) >= 11 is 0. The largest absolute Gasteiger partial charge is 0.340 e. The van der Waals surface area contributed by atoms with Gasteiger partial charge in [0.2, 0.25) is 5.91 Å². The van der Waals surface area contributed by atoms with Gasteiger partial charge in [0.05, 0.1) is 6.04 Å². The lowest BCUT2D eigenvalue weighted by Gasteiger charge is -2.30. The summed E-state index contributed by atoms with van der Waals surface area (Å²) in [7, 11) is 1.96. The number of para-hydroxylation sites is 1. The Morgan fingerprint density at radius 2 is 1.70 bits per heavy atom. The van der Waals surface area contributed by atoms with Crippen LogP contribution in [-0.4, -0.2) is 45.8 Å². The first kappa shape index (κ1) is 18.9. The van der Waals surface area contributed by atoms with Crippen LogP contribution in [0.4, 0.5) is 0 Å². The van der Waals surface area contributed by atoms with Gasteiger partial charge < -0.3 is 14.4 Å². The number of aromatic nitrogens is 1. The second-order valence-electron chi connectivity index (χ2n) is 8.75. The number of benzene rings is 2. The van der Waals surface area contributed by atoms with Crippen LogP contribution in [0.1, 0.15) is 34.6 Å². The second-order valence-corrected chi connectivity index (χ2v) is 8.75. The number of rotatable bonds is 2. The van der Waals surface area contributed by atoms with Crippen LogP contribution in [0, 0.1) is 18.8 Å². The summed E-state index contributed by atoms with van der Waals surface area (Å²) in [5, 5.41) is 1.09. The minimum atomic E-state index is 0.0407. The Hall–Kier alpha value is -3.08. The van der Waals surface area contributed by atoms with Gasteiger partial charge in [-0.3, -0.25) is 9.59 Å². The molecule has 0 aliphatic carbocycles. The quantitative estimate of drug-likeness (QED) is 0.656. The Bertz CT molecular complexity index is 1150. The average molecular weight is 402 g/mol. The molecule has 2 amide bonds. The van der Waals surface area contributed by atoms with E-state index in [4.69, 9.17) is 0 Å². The molecule has 3 heterocycles. The van der Waals surface area contributed by atoms with E-state index in [0.717, 1.165) is 23.1 Å². The number of carbonyl (C=O) groups is 2. The van der Waals surface area contributed by atoms with Crippen LogP contribution in [-0.2, 0) is 11.8 Å². The summed E-state index contributed by atoms with van der Waals surface area (Å²) in [5.41, 5.74) is 4.21. The number of nitrogens with zero attached hydrogens (tertiary/aromatic N) is 3. The zero-order chi connectivity index (χ0) is 21.0. The highest BCUT2D eigenvalue weighted by molar-refractivity contribution is 5.99. The fraction of sp³-hybridized carbons (Fsp3) is 0.360. The highest BCUT2D eigenvalue weighted by atomic mass is 16.2. The maximum Gasteiger partial charge on any atom is 0.270 e. The van der Waals surface area contributed by atoms with Crippen molar-refractivity contribution in [3.05, 3.63) is 71.4 Å². The molecule has 5 heteroatoms. The Balaban J connectivity index is 1.45. The molecule has 2 saturated heterocycles. The number of hydrogen-bond donors (Lipinski definition) is 0. The lowest BCUT2D eigenvalue weighted by Crippen LogP contribution is -2.37. The van der Waals surface area contributed by atoms with E-state index < -0.39 is 0 Å². The second kappa shape index (κ2) is 7.01. The molecule has 0 radical (unpaired) electrons. The van der Waals surface area contributed by atoms with Gasteiger partial charge in [-0.2, -0.15) is 0 Å². The van der Waals surface area contributed by atoms with Crippen LogP contribution in [0.3, 0.4) is 0 Å². The summed E-state index contributed by atoms with van der Waals surface area (Å²) in [6, 6.07) is 18.4. The molecule has 0 spiro atoms. The fourth-order valence-corrected chi connectivity index (χ4v) is 5.51. The third-order valence-corrected chi connectivity index (χ3v) is 7.03. The molecule has 0 bridgehead atoms. The number of amides is 2. The molecule has 0 unspecified atom stereocenters. The number of likely N-dealkylation sites (tertiary alicyclic amines) is 2. The molecule has 5 rings (SSSR count). The van der Waals surface area contributed by atoms with Gasteiger partial charge in [0.15, 0.2) is 0 Å². The molecule has 0 saturated carbocycles. The maximum absolute atomic E-state index is 13.4. The molecule has 2 aliphatic rings. The maximum atomic E-state index is 13.4. The van der Waals surface area contributed by atoms with Gasteiger partial charge in [0.25, 0.3) is 5.91 Å². The van der Waals surface area contributed by atoms with Crippen molar-refractivity contribution >= 4 is 22.7 Å². The van der Waals surface area contributed by atoms with E-state index in [1.807, 2.05) is 63.9 Å². The first-order chi connectivity index (χ1) is 14.5. The van der Waals surface area contributed by atoms with Gasteiger partial charge in [-0.1, -0.05) is 42.5 Å². The molecule has 30 heavy (non-hydrogen) atoms. The van der Waals surface area contributed by atoms with Gasteiger partial charge in [0.1, 0.15) is 5.69 Å². The van der Waals surface area contributed by atoms with Crippen LogP contribution in [0.5, 0.6) is 0 Å². The van der Waals surface area contributed by atoms with Crippen molar-refractivity contribution in [3.8, 4) is 0 Å². The highest BCUT2D eigenvalue weighted by Gasteiger charge is 2.49. The molecule has 2 aromatic carbocycles. The molecular formula is C25H27N3O2. The van der Waals surface area contributed by atoms with Gasteiger partial charge in [0, 0.05) is 56.3 Å². The molecule has 2 fully saturated rings. The average Bonchev–Trinajstić information content (AvgIpc) is 3.39. The van der Waals surface area contributed by atoms with Crippen LogP contribution in [0.2, 0.25) is 0 Å². The zero-order valence-corrected chi connectivity index (χ0v) is 17.7. The smallest absolute Gasteiger partial charge is 0.270 e. The summed E-state index contributed by atoms with van der Waals surface area (Å²) < 4.78 is 1.99. The first-order valence-corrected chi connectivity index (χ1v) is 10.6. The van der Waals surface area contributed by atoms with Crippen molar-refractivity contribution in [1.29, 1.82) is 0 Å². The monoisotopic (exact) mass is 401 g/mol. The Labute approximate surface area is 176 Å². The van der Waals surface area contributed by atoms with Gasteiger partial charge in [-0.25, -0.2) is 0 Å². The van der Waals surface area contributed by atoms with Crippen molar-refractivity contribution in [1.82, 2.24) is 14.4 Å². The lowest BCUT2D eigenvalue weighted by molar-refractivity contribution is -0.130. The molecule has 3 atom stereocenters. The number of hydrogen-bond acceptors (Lipinski definition) is 2. The molecule has 3 aromatic rings. The zero-order valence-electron chi connectivity index (χ0n) is 17.7. The first-order valence-electron chi connectivity index (χ1n) is 10.6. The fourth-order valence-electron chi connectivity index (χ4n) is 5.51. The van der Waals surface area contributed by atoms with Crippen molar-refractivity contribution in [3.63, 3.8) is 0 Å². The summed E-state index contributed by atoms with van der Waals surface area (Å²) in [6.07, 6.45) is 0. The molecule has 1 aromatic heterocycles. The predicted octanol–water partition coefficient (Wildman–Crippen LogP) is 3.78. The molecule has 154 valence electrons. The van der Waals surface area contributed by atoms with Gasteiger partial charge in [-0.05, 0) is 30.2 Å². The molecule has 0 N–H and O–H groups in total. The Morgan fingerprint density at radius 1 is 0.967 bits per heavy atom. The van der Waals surface area contributed by atoms with Crippen molar-refractivity contribution < 1.29 is 9.59 Å². The van der Waals surface area contributed by atoms with E-state index in [1.54, 1.807) is 6.92 Å². The van der Waals surface area contributed by atoms with E-state index >= 15 is 0 Å². The number of aryl methyl sites for hydroxylation is 2. The highest BCUT2D eigenvalue weighted by Crippen LogP contribution is 2.46. The summed E-state index contributed by atoms with van der Waals surface area (Å²) in [6.45, 7) is 5.88. The summed E-state index contributed by atoms with van der Waals surface area (Å²) in [5.74, 6) is 0.788. The van der Waals surface area contributed by atoms with E-state index in [-0.39, 0.29) is 23.8 Å². The predicted molar refractivity (Wildman–Crippen MR) is 117 cm³/mol. The molecule has 5 nitrogen and oxygen atoms in total. The normalized spacial score (nSPS) is 23.2. The van der Waals surface area contributed by atoms with Crippen molar-refractivity contribution in [2.75, 3.05) is 19.6 Å². The Morgan fingerprint density at radius 3 is 2.43 bits per heavy atom. The summed E-state index contributed by atoms with van der Waals surface area (Å²) in [4.78, 5) is 29.8. The van der Waals surface area contributed by atoms with E-state index in [0.29, 0.717) is 19.0 Å². The molecular weight excluding hydrogens is 374 g/mol. The SMILES string of the molecule is CC(=O)N1C[C@H]2CN(C(=O)c3cc4ccccc4n3C)C[C@H]2[C@@H]1c1ccccc1C. The van der Waals surface area contributed by atoms with E-state index in [2.05, 4.69) is 19.1 Å². The lowest BCUT2D eigenvalue weighted by atomic mass is 9.87. The van der Waals surface area contributed by atoms with Crippen LogP contribution >= 0.6 is 0 Å². The van der Waals surface area contributed by atoms with Crippen LogP contribution in [0.15, 0.2) is 54.6 Å². The number of fused-ring (bicyclic) bond motifs is 2. The third-order valence-electron chi connectivity index (χ3n) is 7.03. The third kappa shape index (κ3) is 2.83. The van der Waals surface area contributed by atoms with Crippen molar-refractivity contribution in [2.45, 2.75) is 19.9 Å². The van der Waals surface area contributed by atoms with Gasteiger partial charge in [-0.15, -0.1) is 0 Å². The van der Waals surface area contributed by atoms with Crippen molar-refractivity contribution in [2.24, 2.45) is 18.9 Å². The topological polar surface area (TPSA) is 45.6 Å². The van der Waals surface area contributed by atoms with Crippen LogP contribution < -0.4 is 0 Å². The minimum Gasteiger partial charge on any atom is -0.340 e. The van der Waals surface area contributed by atoms with Gasteiger partial charge >= 0.3 is 0 Å². The molecule has 2 aliphatic heterocycles. The minimum absolute atomic E-state index is 0.0407.